The maximum Gasteiger partial charge on any atom is 0.145 e. The van der Waals surface area contributed by atoms with E-state index in [1.54, 1.807) is 7.11 Å². The standard InChI is InChI=1S/C18H24N2O2/c1-17(2)11-20(12-18(3,4)22-17)14-9-10-19-16-13(14)7-6-8-15(16)21-5/h6-10H,11-12H2,1-5H3. The van der Waals surface area contributed by atoms with Gasteiger partial charge in [0, 0.05) is 30.4 Å². The number of morpholine rings is 1. The fourth-order valence-electron chi connectivity index (χ4n) is 3.53. The number of fused-ring (bicyclic) bond motifs is 1. The minimum atomic E-state index is -0.184. The van der Waals surface area contributed by atoms with Gasteiger partial charge >= 0.3 is 0 Å². The van der Waals surface area contributed by atoms with Gasteiger partial charge in [0.25, 0.3) is 0 Å². The van der Waals surface area contributed by atoms with Crippen LogP contribution in [0.1, 0.15) is 27.7 Å². The van der Waals surface area contributed by atoms with E-state index in [0.717, 1.165) is 29.7 Å². The Balaban J connectivity index is 2.10. The van der Waals surface area contributed by atoms with Gasteiger partial charge in [-0.2, -0.15) is 0 Å². The van der Waals surface area contributed by atoms with Crippen molar-refractivity contribution in [1.29, 1.82) is 0 Å². The van der Waals surface area contributed by atoms with Crippen molar-refractivity contribution in [2.45, 2.75) is 38.9 Å². The van der Waals surface area contributed by atoms with Gasteiger partial charge in [0.05, 0.1) is 18.3 Å². The van der Waals surface area contributed by atoms with Crippen molar-refractivity contribution < 1.29 is 9.47 Å². The van der Waals surface area contributed by atoms with E-state index in [-0.39, 0.29) is 11.2 Å². The maximum atomic E-state index is 6.19. The molecule has 1 saturated heterocycles. The Kier molecular flexibility index (Phi) is 3.52. The first-order valence-electron chi connectivity index (χ1n) is 7.68. The lowest BCUT2D eigenvalue weighted by molar-refractivity contribution is -0.133. The molecule has 2 heterocycles. The molecule has 2 aromatic rings. The van der Waals surface area contributed by atoms with Crippen LogP contribution in [0.3, 0.4) is 0 Å². The molecule has 0 N–H and O–H groups in total. The lowest BCUT2D eigenvalue weighted by atomic mass is 9.97. The van der Waals surface area contributed by atoms with Crippen LogP contribution >= 0.6 is 0 Å². The highest BCUT2D eigenvalue weighted by Crippen LogP contribution is 2.36. The molecule has 0 amide bonds. The van der Waals surface area contributed by atoms with Crippen LogP contribution in [0, 0.1) is 0 Å². The number of hydrogen-bond donors (Lipinski definition) is 0. The zero-order valence-electron chi connectivity index (χ0n) is 14.0. The molecule has 1 aliphatic rings. The third-order valence-electron chi connectivity index (χ3n) is 3.97. The monoisotopic (exact) mass is 300 g/mol. The van der Waals surface area contributed by atoms with Crippen LogP contribution < -0.4 is 9.64 Å². The van der Waals surface area contributed by atoms with Gasteiger partial charge in [0.1, 0.15) is 11.3 Å². The summed E-state index contributed by atoms with van der Waals surface area (Å²) in [4.78, 5) is 6.89. The summed E-state index contributed by atoms with van der Waals surface area (Å²) in [6.45, 7) is 10.3. The summed E-state index contributed by atoms with van der Waals surface area (Å²) in [5, 5.41) is 1.12. The first-order chi connectivity index (χ1) is 10.3. The smallest absolute Gasteiger partial charge is 0.145 e. The summed E-state index contributed by atoms with van der Waals surface area (Å²) in [7, 11) is 1.68. The molecule has 0 bridgehead atoms. The van der Waals surface area contributed by atoms with Gasteiger partial charge in [-0.3, -0.25) is 4.98 Å². The number of para-hydroxylation sites is 1. The fourth-order valence-corrected chi connectivity index (χ4v) is 3.53. The lowest BCUT2D eigenvalue weighted by Gasteiger charge is -2.48. The number of hydrogen-bond acceptors (Lipinski definition) is 4. The van der Waals surface area contributed by atoms with E-state index < -0.39 is 0 Å². The van der Waals surface area contributed by atoms with Crippen LogP contribution in [-0.4, -0.2) is 36.4 Å². The Labute approximate surface area is 132 Å². The Morgan fingerprint density at radius 3 is 2.41 bits per heavy atom. The molecule has 3 rings (SSSR count). The molecule has 0 saturated carbocycles. The highest BCUT2D eigenvalue weighted by molar-refractivity contribution is 5.95. The Bertz CT molecular complexity index is 679. The molecule has 118 valence electrons. The average molecular weight is 300 g/mol. The van der Waals surface area contributed by atoms with Crippen LogP contribution in [0.15, 0.2) is 30.5 Å². The quantitative estimate of drug-likeness (QED) is 0.848. The van der Waals surface area contributed by atoms with E-state index >= 15 is 0 Å². The largest absolute Gasteiger partial charge is 0.494 e. The number of rotatable bonds is 2. The number of methoxy groups -OCH3 is 1. The highest BCUT2D eigenvalue weighted by atomic mass is 16.5. The van der Waals surface area contributed by atoms with Gasteiger partial charge in [-0.05, 0) is 39.8 Å². The first-order valence-corrected chi connectivity index (χ1v) is 7.68. The van der Waals surface area contributed by atoms with Crippen molar-refractivity contribution in [3.8, 4) is 5.75 Å². The number of pyridine rings is 1. The van der Waals surface area contributed by atoms with Crippen LogP contribution in [0.25, 0.3) is 10.9 Å². The molecule has 0 radical (unpaired) electrons. The Hall–Kier alpha value is -1.81. The topological polar surface area (TPSA) is 34.6 Å². The average Bonchev–Trinajstić information content (AvgIpc) is 2.42. The second-order valence-corrected chi connectivity index (χ2v) is 7.16. The SMILES string of the molecule is COc1cccc2c(N3CC(C)(C)OC(C)(C)C3)ccnc12. The van der Waals surface area contributed by atoms with E-state index in [2.05, 4.69) is 49.7 Å². The summed E-state index contributed by atoms with van der Waals surface area (Å²) in [5.74, 6) is 0.811. The van der Waals surface area contributed by atoms with Crippen LogP contribution in [-0.2, 0) is 4.74 Å². The molecule has 0 spiro atoms. The molecule has 0 aliphatic carbocycles. The van der Waals surface area contributed by atoms with Gasteiger partial charge in [0.15, 0.2) is 0 Å². The van der Waals surface area contributed by atoms with Crippen molar-refractivity contribution in [3.05, 3.63) is 30.5 Å². The summed E-state index contributed by atoms with van der Waals surface area (Å²) in [5.41, 5.74) is 1.73. The zero-order chi connectivity index (χ0) is 16.0. The van der Waals surface area contributed by atoms with Crippen molar-refractivity contribution in [3.63, 3.8) is 0 Å². The second kappa shape index (κ2) is 5.13. The molecule has 4 heteroatoms. The first kappa shape index (κ1) is 15.1. The van der Waals surface area contributed by atoms with E-state index in [9.17, 15) is 0 Å². The van der Waals surface area contributed by atoms with Gasteiger partial charge in [-0.25, -0.2) is 0 Å². The fraction of sp³-hybridized carbons (Fsp3) is 0.500. The zero-order valence-corrected chi connectivity index (χ0v) is 14.0. The summed E-state index contributed by atoms with van der Waals surface area (Å²) in [6, 6.07) is 8.16. The normalized spacial score (nSPS) is 20.1. The number of nitrogens with zero attached hydrogens (tertiary/aromatic N) is 2. The number of benzene rings is 1. The van der Waals surface area contributed by atoms with Crippen LogP contribution in [0.5, 0.6) is 5.75 Å². The van der Waals surface area contributed by atoms with Crippen molar-refractivity contribution in [2.24, 2.45) is 0 Å². The summed E-state index contributed by atoms with van der Waals surface area (Å²) < 4.78 is 11.6. The van der Waals surface area contributed by atoms with Gasteiger partial charge in [0.2, 0.25) is 0 Å². The number of ether oxygens (including phenoxy) is 2. The Morgan fingerprint density at radius 2 is 1.77 bits per heavy atom. The van der Waals surface area contributed by atoms with Crippen molar-refractivity contribution in [1.82, 2.24) is 4.98 Å². The molecule has 1 aromatic carbocycles. The van der Waals surface area contributed by atoms with Crippen LogP contribution in [0.2, 0.25) is 0 Å². The van der Waals surface area contributed by atoms with Crippen molar-refractivity contribution >= 4 is 16.6 Å². The highest BCUT2D eigenvalue weighted by Gasteiger charge is 2.38. The van der Waals surface area contributed by atoms with E-state index in [0.29, 0.717) is 0 Å². The minimum absolute atomic E-state index is 0.184. The molecule has 4 nitrogen and oxygen atoms in total. The van der Waals surface area contributed by atoms with E-state index in [1.807, 2.05) is 18.3 Å². The molecular weight excluding hydrogens is 276 g/mol. The number of aromatic nitrogens is 1. The summed E-state index contributed by atoms with van der Waals surface area (Å²) >= 11 is 0. The molecule has 0 atom stereocenters. The van der Waals surface area contributed by atoms with Crippen LogP contribution in [0.4, 0.5) is 5.69 Å². The molecule has 1 fully saturated rings. The molecule has 22 heavy (non-hydrogen) atoms. The predicted molar refractivity (Wildman–Crippen MR) is 89.8 cm³/mol. The predicted octanol–water partition coefficient (Wildman–Crippen LogP) is 3.64. The van der Waals surface area contributed by atoms with Gasteiger partial charge in [-0.15, -0.1) is 0 Å². The third-order valence-corrected chi connectivity index (χ3v) is 3.97. The Morgan fingerprint density at radius 1 is 1.09 bits per heavy atom. The van der Waals surface area contributed by atoms with E-state index in [4.69, 9.17) is 9.47 Å². The minimum Gasteiger partial charge on any atom is -0.494 e. The lowest BCUT2D eigenvalue weighted by Crippen LogP contribution is -2.57. The van der Waals surface area contributed by atoms with Crippen molar-refractivity contribution in [2.75, 3.05) is 25.1 Å². The third kappa shape index (κ3) is 2.75. The second-order valence-electron chi connectivity index (χ2n) is 7.16. The number of anilines is 1. The molecule has 1 aliphatic heterocycles. The van der Waals surface area contributed by atoms with E-state index in [1.165, 1.54) is 5.69 Å². The maximum absolute atomic E-state index is 6.19. The molecule has 0 unspecified atom stereocenters. The van der Waals surface area contributed by atoms with Gasteiger partial charge in [-0.1, -0.05) is 12.1 Å². The molecular formula is C18H24N2O2. The van der Waals surface area contributed by atoms with Gasteiger partial charge < -0.3 is 14.4 Å². The molecule has 1 aromatic heterocycles. The summed E-state index contributed by atoms with van der Waals surface area (Å²) in [6.07, 6.45) is 1.86.